The van der Waals surface area contributed by atoms with E-state index in [1.807, 2.05) is 24.3 Å². The number of carbonyl (C=O) groups is 1. The van der Waals surface area contributed by atoms with Crippen molar-refractivity contribution in [2.75, 3.05) is 12.3 Å². The summed E-state index contributed by atoms with van der Waals surface area (Å²) >= 11 is 0. The van der Waals surface area contributed by atoms with Crippen LogP contribution in [0.25, 0.3) is 11.0 Å². The van der Waals surface area contributed by atoms with Crippen molar-refractivity contribution in [1.82, 2.24) is 10.3 Å². The number of carbonyl (C=O) groups excluding carboxylic acids is 1. The molecule has 3 N–H and O–H groups in total. The smallest absolute Gasteiger partial charge is 0.255 e. The monoisotopic (exact) mass is 323 g/mol. The molecule has 1 amide bonds. The largest absolute Gasteiger partial charge is 0.489 e. The molecule has 3 aromatic rings. The van der Waals surface area contributed by atoms with Crippen molar-refractivity contribution in [3.05, 3.63) is 66.6 Å². The Morgan fingerprint density at radius 2 is 2.25 bits per heavy atom. The molecule has 0 unspecified atom stereocenters. The highest BCUT2D eigenvalue weighted by molar-refractivity contribution is 5.98. The van der Waals surface area contributed by atoms with Crippen LogP contribution < -0.4 is 15.8 Å². The number of nitrogen functional groups attached to an aromatic ring is 1. The SMILES string of the molecule is C=CCOc1ccc2cc(CNC(=O)c3cccnc3N)oc2c1. The predicted molar refractivity (Wildman–Crippen MR) is 91.7 cm³/mol. The van der Waals surface area contributed by atoms with Crippen LogP contribution in [0.2, 0.25) is 0 Å². The summed E-state index contributed by atoms with van der Waals surface area (Å²) in [6, 6.07) is 10.7. The summed E-state index contributed by atoms with van der Waals surface area (Å²) in [4.78, 5) is 16.0. The van der Waals surface area contributed by atoms with Crippen molar-refractivity contribution in [1.29, 1.82) is 0 Å². The number of hydrogen-bond donors (Lipinski definition) is 2. The quantitative estimate of drug-likeness (QED) is 0.681. The average molecular weight is 323 g/mol. The summed E-state index contributed by atoms with van der Waals surface area (Å²) in [5.74, 6) is 1.25. The number of furan rings is 1. The first-order valence-electron chi connectivity index (χ1n) is 7.42. The van der Waals surface area contributed by atoms with Gasteiger partial charge in [-0.25, -0.2) is 4.98 Å². The number of fused-ring (bicyclic) bond motifs is 1. The molecule has 0 fully saturated rings. The highest BCUT2D eigenvalue weighted by atomic mass is 16.5. The number of hydrogen-bond acceptors (Lipinski definition) is 5. The zero-order valence-electron chi connectivity index (χ0n) is 13.0. The lowest BCUT2D eigenvalue weighted by Gasteiger charge is -2.04. The molecule has 1 aromatic carbocycles. The van der Waals surface area contributed by atoms with Crippen molar-refractivity contribution in [2.45, 2.75) is 6.54 Å². The normalized spacial score (nSPS) is 10.5. The molecule has 3 rings (SSSR count). The first-order chi connectivity index (χ1) is 11.7. The molecule has 0 bridgehead atoms. The van der Waals surface area contributed by atoms with Crippen molar-refractivity contribution in [3.8, 4) is 5.75 Å². The third-order valence-electron chi connectivity index (χ3n) is 3.42. The third kappa shape index (κ3) is 3.38. The molecule has 0 saturated heterocycles. The minimum atomic E-state index is -0.295. The van der Waals surface area contributed by atoms with Crippen molar-refractivity contribution >= 4 is 22.7 Å². The molecular weight excluding hydrogens is 306 g/mol. The molecule has 0 aliphatic rings. The van der Waals surface area contributed by atoms with E-state index in [2.05, 4.69) is 16.9 Å². The summed E-state index contributed by atoms with van der Waals surface area (Å²) in [5.41, 5.74) is 6.73. The number of amides is 1. The van der Waals surface area contributed by atoms with Crippen molar-refractivity contribution in [3.63, 3.8) is 0 Å². The Morgan fingerprint density at radius 1 is 1.38 bits per heavy atom. The molecule has 0 aliphatic heterocycles. The highest BCUT2D eigenvalue weighted by Gasteiger charge is 2.11. The van der Waals surface area contributed by atoms with Crippen LogP contribution in [0.5, 0.6) is 5.75 Å². The lowest BCUT2D eigenvalue weighted by atomic mass is 10.2. The number of benzene rings is 1. The maximum atomic E-state index is 12.1. The standard InChI is InChI=1S/C18H17N3O3/c1-2-8-23-13-6-5-12-9-14(24-16(12)10-13)11-21-18(22)15-4-3-7-20-17(15)19/h2-7,9-10H,1,8,11H2,(H2,19,20)(H,21,22). The number of nitrogens with zero attached hydrogens (tertiary/aromatic N) is 1. The second-order valence-corrected chi connectivity index (χ2v) is 5.13. The zero-order valence-corrected chi connectivity index (χ0v) is 13.0. The van der Waals surface area contributed by atoms with E-state index in [0.717, 1.165) is 5.39 Å². The molecule has 24 heavy (non-hydrogen) atoms. The van der Waals surface area contributed by atoms with E-state index in [4.69, 9.17) is 14.9 Å². The van der Waals surface area contributed by atoms with E-state index in [-0.39, 0.29) is 18.3 Å². The Balaban J connectivity index is 1.70. The summed E-state index contributed by atoms with van der Waals surface area (Å²) < 4.78 is 11.2. The molecule has 2 aromatic heterocycles. The summed E-state index contributed by atoms with van der Waals surface area (Å²) in [6.07, 6.45) is 3.22. The van der Waals surface area contributed by atoms with Crippen LogP contribution in [0.3, 0.4) is 0 Å². The van der Waals surface area contributed by atoms with Gasteiger partial charge in [-0.3, -0.25) is 4.79 Å². The predicted octanol–water partition coefficient (Wildman–Crippen LogP) is 2.90. The van der Waals surface area contributed by atoms with Crippen LogP contribution in [-0.4, -0.2) is 17.5 Å². The average Bonchev–Trinajstić information content (AvgIpc) is 3.00. The van der Waals surface area contributed by atoms with E-state index in [0.29, 0.717) is 29.3 Å². The molecule has 122 valence electrons. The maximum Gasteiger partial charge on any atom is 0.255 e. The number of pyridine rings is 1. The topological polar surface area (TPSA) is 90.4 Å². The first kappa shape index (κ1) is 15.6. The lowest BCUT2D eigenvalue weighted by molar-refractivity contribution is 0.0949. The fourth-order valence-electron chi connectivity index (χ4n) is 2.27. The van der Waals surface area contributed by atoms with Gasteiger partial charge in [0, 0.05) is 17.6 Å². The molecule has 0 radical (unpaired) electrons. The van der Waals surface area contributed by atoms with Gasteiger partial charge in [0.2, 0.25) is 0 Å². The fraction of sp³-hybridized carbons (Fsp3) is 0.111. The number of rotatable bonds is 6. The Hall–Kier alpha value is -3.28. The second-order valence-electron chi connectivity index (χ2n) is 5.13. The van der Waals surface area contributed by atoms with E-state index in [1.54, 1.807) is 18.2 Å². The summed E-state index contributed by atoms with van der Waals surface area (Å²) in [5, 5.41) is 3.70. The van der Waals surface area contributed by atoms with Crippen LogP contribution in [-0.2, 0) is 6.54 Å². The van der Waals surface area contributed by atoms with E-state index < -0.39 is 0 Å². The molecule has 0 spiro atoms. The summed E-state index contributed by atoms with van der Waals surface area (Å²) in [7, 11) is 0. The number of aromatic nitrogens is 1. The first-order valence-corrected chi connectivity index (χ1v) is 7.42. The Labute approximate surface area is 138 Å². The number of anilines is 1. The number of nitrogens with one attached hydrogen (secondary N) is 1. The summed E-state index contributed by atoms with van der Waals surface area (Å²) in [6.45, 7) is 4.30. The van der Waals surface area contributed by atoms with E-state index in [9.17, 15) is 4.79 Å². The minimum absolute atomic E-state index is 0.198. The Morgan fingerprint density at radius 3 is 3.04 bits per heavy atom. The van der Waals surface area contributed by atoms with Gasteiger partial charge in [0.1, 0.15) is 29.5 Å². The van der Waals surface area contributed by atoms with Gasteiger partial charge >= 0.3 is 0 Å². The molecule has 6 nitrogen and oxygen atoms in total. The Bertz CT molecular complexity index is 886. The van der Waals surface area contributed by atoms with Crippen LogP contribution >= 0.6 is 0 Å². The van der Waals surface area contributed by atoms with Gasteiger partial charge in [0.25, 0.3) is 5.91 Å². The van der Waals surface area contributed by atoms with Crippen molar-refractivity contribution < 1.29 is 13.9 Å². The zero-order chi connectivity index (χ0) is 16.9. The van der Waals surface area contributed by atoms with E-state index in [1.165, 1.54) is 6.20 Å². The lowest BCUT2D eigenvalue weighted by Crippen LogP contribution is -2.23. The number of nitrogens with two attached hydrogens (primary N) is 1. The highest BCUT2D eigenvalue weighted by Crippen LogP contribution is 2.24. The van der Waals surface area contributed by atoms with Crippen LogP contribution in [0.4, 0.5) is 5.82 Å². The van der Waals surface area contributed by atoms with Crippen LogP contribution in [0, 0.1) is 0 Å². The van der Waals surface area contributed by atoms with Crippen LogP contribution in [0.1, 0.15) is 16.1 Å². The molecule has 0 saturated carbocycles. The number of ether oxygens (including phenoxy) is 1. The minimum Gasteiger partial charge on any atom is -0.489 e. The van der Waals surface area contributed by atoms with Gasteiger partial charge in [0.15, 0.2) is 0 Å². The van der Waals surface area contributed by atoms with Crippen molar-refractivity contribution in [2.24, 2.45) is 0 Å². The van der Waals surface area contributed by atoms with E-state index >= 15 is 0 Å². The molecule has 6 heteroatoms. The molecule has 2 heterocycles. The maximum absolute atomic E-state index is 12.1. The van der Waals surface area contributed by atoms with Crippen LogP contribution in [0.15, 0.2) is 59.7 Å². The third-order valence-corrected chi connectivity index (χ3v) is 3.42. The Kier molecular flexibility index (Phi) is 4.47. The van der Waals surface area contributed by atoms with Gasteiger partial charge < -0.3 is 20.2 Å². The van der Waals surface area contributed by atoms with Gasteiger partial charge in [-0.2, -0.15) is 0 Å². The second kappa shape index (κ2) is 6.87. The molecule has 0 atom stereocenters. The molecule has 0 aliphatic carbocycles. The van der Waals surface area contributed by atoms with Gasteiger partial charge in [-0.15, -0.1) is 0 Å². The fourth-order valence-corrected chi connectivity index (χ4v) is 2.27. The van der Waals surface area contributed by atoms with Gasteiger partial charge in [0.05, 0.1) is 12.1 Å². The van der Waals surface area contributed by atoms with Gasteiger partial charge in [-0.05, 0) is 30.3 Å². The van der Waals surface area contributed by atoms with Gasteiger partial charge in [-0.1, -0.05) is 12.7 Å². The molecular formula is C18H17N3O3.